The topological polar surface area (TPSA) is 30.7 Å². The predicted octanol–water partition coefficient (Wildman–Crippen LogP) is 5.38. The Bertz CT molecular complexity index is 930. The van der Waals surface area contributed by atoms with Crippen LogP contribution in [0.2, 0.25) is 10.0 Å². The van der Waals surface area contributed by atoms with Crippen molar-refractivity contribution in [2.24, 2.45) is 0 Å². The molecule has 0 aliphatic rings. The van der Waals surface area contributed by atoms with Crippen LogP contribution in [0.25, 0.3) is 11.0 Å². The zero-order valence-corrected chi connectivity index (χ0v) is 14.1. The van der Waals surface area contributed by atoms with Crippen molar-refractivity contribution < 1.29 is 0 Å². The lowest BCUT2D eigenvalue weighted by atomic mass is 9.98. The molecule has 0 bridgehead atoms. The van der Waals surface area contributed by atoms with Gasteiger partial charge in [-0.15, -0.1) is 5.10 Å². The monoisotopic (exact) mass is 353 g/mol. The van der Waals surface area contributed by atoms with E-state index in [9.17, 15) is 0 Å². The van der Waals surface area contributed by atoms with E-state index in [4.69, 9.17) is 23.2 Å². The Morgan fingerprint density at radius 3 is 1.83 bits per heavy atom. The molecule has 0 atom stereocenters. The Labute approximate surface area is 149 Å². The van der Waals surface area contributed by atoms with Crippen LogP contribution in [0.4, 0.5) is 0 Å². The van der Waals surface area contributed by atoms with Crippen LogP contribution in [0.1, 0.15) is 17.2 Å². The van der Waals surface area contributed by atoms with Gasteiger partial charge in [0.2, 0.25) is 0 Å². The number of halogens is 2. The molecule has 4 aromatic rings. The number of benzene rings is 3. The number of rotatable bonds is 3. The standard InChI is InChI=1S/C19H13Cl2N3/c20-15-9-5-13(6-10-15)19(14-7-11-16(21)12-8-14)24-18-4-2-1-3-17(18)22-23-24/h1-12,19H. The molecule has 5 heteroatoms. The van der Waals surface area contributed by atoms with E-state index in [0.717, 1.165) is 22.2 Å². The molecule has 0 amide bonds. The van der Waals surface area contributed by atoms with Crippen LogP contribution in [-0.4, -0.2) is 15.0 Å². The molecule has 0 N–H and O–H groups in total. The summed E-state index contributed by atoms with van der Waals surface area (Å²) in [5, 5.41) is 10.1. The third kappa shape index (κ3) is 2.77. The predicted molar refractivity (Wildman–Crippen MR) is 97.7 cm³/mol. The highest BCUT2D eigenvalue weighted by molar-refractivity contribution is 6.30. The van der Waals surface area contributed by atoms with Gasteiger partial charge in [-0.05, 0) is 47.5 Å². The van der Waals surface area contributed by atoms with Gasteiger partial charge in [-0.2, -0.15) is 0 Å². The molecule has 3 aromatic carbocycles. The van der Waals surface area contributed by atoms with Crippen molar-refractivity contribution in [1.29, 1.82) is 0 Å². The van der Waals surface area contributed by atoms with Crippen LogP contribution >= 0.6 is 23.2 Å². The van der Waals surface area contributed by atoms with Crippen molar-refractivity contribution in [2.75, 3.05) is 0 Å². The smallest absolute Gasteiger partial charge is 0.113 e. The van der Waals surface area contributed by atoms with E-state index < -0.39 is 0 Å². The van der Waals surface area contributed by atoms with E-state index in [1.165, 1.54) is 0 Å². The summed E-state index contributed by atoms with van der Waals surface area (Å²) in [5.74, 6) is 0. The molecule has 118 valence electrons. The molecule has 3 nitrogen and oxygen atoms in total. The summed E-state index contributed by atoms with van der Waals surface area (Å²) in [5.41, 5.74) is 4.01. The van der Waals surface area contributed by atoms with E-state index in [2.05, 4.69) is 10.3 Å². The lowest BCUT2D eigenvalue weighted by Gasteiger charge is -2.19. The zero-order valence-electron chi connectivity index (χ0n) is 12.6. The summed E-state index contributed by atoms with van der Waals surface area (Å²) < 4.78 is 1.93. The van der Waals surface area contributed by atoms with Gasteiger partial charge in [0.1, 0.15) is 11.6 Å². The maximum atomic E-state index is 6.05. The lowest BCUT2D eigenvalue weighted by molar-refractivity contribution is 0.589. The van der Waals surface area contributed by atoms with Gasteiger partial charge < -0.3 is 0 Å². The molecule has 0 fully saturated rings. The van der Waals surface area contributed by atoms with Gasteiger partial charge in [-0.3, -0.25) is 0 Å². The first-order chi connectivity index (χ1) is 11.7. The van der Waals surface area contributed by atoms with Gasteiger partial charge in [0.25, 0.3) is 0 Å². The fraction of sp³-hybridized carbons (Fsp3) is 0.0526. The van der Waals surface area contributed by atoms with Crippen molar-refractivity contribution in [1.82, 2.24) is 15.0 Å². The van der Waals surface area contributed by atoms with Crippen molar-refractivity contribution in [3.05, 3.63) is 94.0 Å². The highest BCUT2D eigenvalue weighted by atomic mass is 35.5. The first-order valence-corrected chi connectivity index (χ1v) is 8.29. The second-order valence-electron chi connectivity index (χ2n) is 5.53. The number of nitrogens with zero attached hydrogens (tertiary/aromatic N) is 3. The third-order valence-corrected chi connectivity index (χ3v) is 4.50. The van der Waals surface area contributed by atoms with E-state index in [-0.39, 0.29) is 6.04 Å². The Hall–Kier alpha value is -2.36. The largest absolute Gasteiger partial charge is 0.233 e. The SMILES string of the molecule is Clc1ccc(C(c2ccc(Cl)cc2)n2nnc3ccccc32)cc1. The van der Waals surface area contributed by atoms with Crippen molar-refractivity contribution in [3.8, 4) is 0 Å². The van der Waals surface area contributed by atoms with Gasteiger partial charge in [-0.25, -0.2) is 4.68 Å². The van der Waals surface area contributed by atoms with Crippen LogP contribution in [-0.2, 0) is 0 Å². The summed E-state index contributed by atoms with van der Waals surface area (Å²) >= 11 is 12.1. The molecule has 0 aliphatic heterocycles. The van der Waals surface area contributed by atoms with Crippen LogP contribution in [0.3, 0.4) is 0 Å². The van der Waals surface area contributed by atoms with E-state index in [1.54, 1.807) is 0 Å². The number of fused-ring (bicyclic) bond motifs is 1. The first-order valence-electron chi connectivity index (χ1n) is 7.53. The summed E-state index contributed by atoms with van der Waals surface area (Å²) in [4.78, 5) is 0. The maximum Gasteiger partial charge on any atom is 0.113 e. The van der Waals surface area contributed by atoms with E-state index in [0.29, 0.717) is 10.0 Å². The molecule has 0 saturated heterocycles. The van der Waals surface area contributed by atoms with Crippen LogP contribution < -0.4 is 0 Å². The zero-order chi connectivity index (χ0) is 16.5. The van der Waals surface area contributed by atoms with Gasteiger partial charge in [0.05, 0.1) is 5.52 Å². The number of hydrogen-bond donors (Lipinski definition) is 0. The quantitative estimate of drug-likeness (QED) is 0.495. The Balaban J connectivity index is 1.93. The first kappa shape index (κ1) is 15.2. The minimum atomic E-state index is -0.105. The Morgan fingerprint density at radius 2 is 1.25 bits per heavy atom. The highest BCUT2D eigenvalue weighted by Crippen LogP contribution is 2.30. The molecule has 0 spiro atoms. The second-order valence-corrected chi connectivity index (χ2v) is 6.40. The number of para-hydroxylation sites is 1. The molecule has 1 heterocycles. The maximum absolute atomic E-state index is 6.05. The molecule has 24 heavy (non-hydrogen) atoms. The van der Waals surface area contributed by atoms with Crippen LogP contribution in [0, 0.1) is 0 Å². The van der Waals surface area contributed by atoms with Crippen LogP contribution in [0.15, 0.2) is 72.8 Å². The third-order valence-electron chi connectivity index (χ3n) is 3.99. The number of aromatic nitrogens is 3. The minimum absolute atomic E-state index is 0.105. The highest BCUT2D eigenvalue weighted by Gasteiger charge is 2.20. The fourth-order valence-corrected chi connectivity index (χ4v) is 3.09. The van der Waals surface area contributed by atoms with Gasteiger partial charge in [0.15, 0.2) is 0 Å². The lowest BCUT2D eigenvalue weighted by Crippen LogP contribution is -2.14. The fourth-order valence-electron chi connectivity index (χ4n) is 2.84. The molecule has 1 aromatic heterocycles. The van der Waals surface area contributed by atoms with Gasteiger partial charge >= 0.3 is 0 Å². The minimum Gasteiger partial charge on any atom is -0.233 e. The molecular weight excluding hydrogens is 341 g/mol. The van der Waals surface area contributed by atoms with Crippen molar-refractivity contribution in [3.63, 3.8) is 0 Å². The molecular formula is C19H13Cl2N3. The molecule has 0 aliphatic carbocycles. The summed E-state index contributed by atoms with van der Waals surface area (Å²) in [6.45, 7) is 0. The average Bonchev–Trinajstić information content (AvgIpc) is 3.03. The van der Waals surface area contributed by atoms with Crippen molar-refractivity contribution in [2.45, 2.75) is 6.04 Å². The normalized spacial score (nSPS) is 11.3. The molecule has 0 unspecified atom stereocenters. The van der Waals surface area contributed by atoms with Crippen LogP contribution in [0.5, 0.6) is 0 Å². The average molecular weight is 354 g/mol. The summed E-state index contributed by atoms with van der Waals surface area (Å²) in [6, 6.07) is 23.4. The molecule has 4 rings (SSSR count). The van der Waals surface area contributed by atoms with Gasteiger partial charge in [0, 0.05) is 10.0 Å². The number of hydrogen-bond acceptors (Lipinski definition) is 2. The Morgan fingerprint density at radius 1 is 0.708 bits per heavy atom. The van der Waals surface area contributed by atoms with Gasteiger partial charge in [-0.1, -0.05) is 64.8 Å². The summed E-state index contributed by atoms with van der Waals surface area (Å²) in [6.07, 6.45) is 0. The molecule has 0 radical (unpaired) electrons. The van der Waals surface area contributed by atoms with Crippen molar-refractivity contribution >= 4 is 34.2 Å². The summed E-state index contributed by atoms with van der Waals surface area (Å²) in [7, 11) is 0. The van der Waals surface area contributed by atoms with E-state index in [1.807, 2.05) is 77.5 Å². The molecule has 0 saturated carbocycles. The Kier molecular flexibility index (Phi) is 3.97. The van der Waals surface area contributed by atoms with E-state index >= 15 is 0 Å². The second kappa shape index (κ2) is 6.27.